The molecule has 0 aliphatic rings. The van der Waals surface area contributed by atoms with Crippen molar-refractivity contribution in [2.24, 2.45) is 0 Å². The molecule has 1 heterocycles. The average Bonchev–Trinajstić information content (AvgIpc) is 3.43. The van der Waals surface area contributed by atoms with Gasteiger partial charge in [-0.25, -0.2) is 14.4 Å². The van der Waals surface area contributed by atoms with Crippen molar-refractivity contribution < 1.29 is 33.3 Å². The van der Waals surface area contributed by atoms with E-state index in [1.165, 1.54) is 0 Å². The highest BCUT2D eigenvalue weighted by molar-refractivity contribution is 7.22. The van der Waals surface area contributed by atoms with Gasteiger partial charge in [0.25, 0.3) is 0 Å². The normalized spacial score (nSPS) is 10.7. The molecule has 4 rings (SSSR count). The van der Waals surface area contributed by atoms with E-state index in [0.717, 1.165) is 62.0 Å². The van der Waals surface area contributed by atoms with E-state index in [2.05, 4.69) is 37.4 Å². The van der Waals surface area contributed by atoms with Gasteiger partial charge >= 0.3 is 17.9 Å². The Balaban J connectivity index is 1.31. The van der Waals surface area contributed by atoms with Gasteiger partial charge in [0.05, 0.1) is 32.0 Å². The Morgan fingerprint density at radius 1 is 0.659 bits per heavy atom. The van der Waals surface area contributed by atoms with Gasteiger partial charge in [0.1, 0.15) is 5.75 Å². The Morgan fingerprint density at radius 3 is 1.98 bits per heavy atom. The van der Waals surface area contributed by atoms with E-state index in [9.17, 15) is 14.4 Å². The van der Waals surface area contributed by atoms with Gasteiger partial charge in [0, 0.05) is 21.7 Å². The third kappa shape index (κ3) is 8.53. The van der Waals surface area contributed by atoms with Crippen LogP contribution in [0.15, 0.2) is 86.0 Å². The van der Waals surface area contributed by atoms with Crippen molar-refractivity contribution in [2.75, 3.05) is 26.4 Å². The number of esters is 3. The number of hydrogen-bond donors (Lipinski definition) is 0. The van der Waals surface area contributed by atoms with Crippen molar-refractivity contribution in [1.82, 2.24) is 0 Å². The van der Waals surface area contributed by atoms with Crippen molar-refractivity contribution in [2.45, 2.75) is 25.7 Å². The number of carbonyl (C=O) groups is 3. The monoisotopic (exact) mass is 572 g/mol. The zero-order chi connectivity index (χ0) is 29.0. The highest BCUT2D eigenvalue weighted by Gasteiger charge is 2.11. The molecule has 8 heteroatoms. The molecule has 0 saturated heterocycles. The number of fused-ring (bicyclic) bond motifs is 2. The van der Waals surface area contributed by atoms with Crippen LogP contribution in [0.3, 0.4) is 0 Å². The first kappa shape index (κ1) is 29.6. The van der Waals surface area contributed by atoms with E-state index in [-0.39, 0.29) is 19.2 Å². The number of ether oxygens (including phenoxy) is 4. The molecular formula is C33H32O7S. The van der Waals surface area contributed by atoms with Gasteiger partial charge in [-0.1, -0.05) is 31.4 Å². The number of benzene rings is 3. The molecule has 0 fully saturated rings. The third-order valence-corrected chi connectivity index (χ3v) is 7.40. The summed E-state index contributed by atoms with van der Waals surface area (Å²) in [5.74, 6) is -0.431. The van der Waals surface area contributed by atoms with Crippen molar-refractivity contribution >= 4 is 50.1 Å². The van der Waals surface area contributed by atoms with Gasteiger partial charge in [0.15, 0.2) is 0 Å². The number of carbonyl (C=O) groups excluding carboxylic acids is 3. The summed E-state index contributed by atoms with van der Waals surface area (Å²) in [7, 11) is 0. The number of unbranched alkanes of at least 4 members (excludes halogenated alkanes) is 2. The molecule has 0 saturated carbocycles. The average molecular weight is 573 g/mol. The highest BCUT2D eigenvalue weighted by Crippen LogP contribution is 2.36. The Hall–Kier alpha value is -4.43. The molecule has 0 bridgehead atoms. The molecule has 0 N–H and O–H groups in total. The van der Waals surface area contributed by atoms with E-state index in [1.807, 2.05) is 30.3 Å². The fourth-order valence-corrected chi connectivity index (χ4v) is 5.17. The van der Waals surface area contributed by atoms with Gasteiger partial charge < -0.3 is 18.9 Å². The first-order valence-electron chi connectivity index (χ1n) is 13.4. The molecule has 7 nitrogen and oxygen atoms in total. The molecule has 212 valence electrons. The molecule has 0 atom stereocenters. The zero-order valence-corrected chi connectivity index (χ0v) is 23.6. The maximum absolute atomic E-state index is 12.5. The maximum Gasteiger partial charge on any atom is 0.338 e. The first-order chi connectivity index (χ1) is 20.0. The molecule has 0 aliphatic heterocycles. The first-order valence-corrected chi connectivity index (χ1v) is 14.2. The summed E-state index contributed by atoms with van der Waals surface area (Å²) in [6, 6.07) is 20.0. The van der Waals surface area contributed by atoms with Gasteiger partial charge in [0.2, 0.25) is 0 Å². The number of thiophene rings is 1. The van der Waals surface area contributed by atoms with E-state index >= 15 is 0 Å². The van der Waals surface area contributed by atoms with Crippen molar-refractivity contribution in [3.05, 3.63) is 91.5 Å². The van der Waals surface area contributed by atoms with Gasteiger partial charge in [-0.15, -0.1) is 11.3 Å². The molecule has 1 aromatic heterocycles. The van der Waals surface area contributed by atoms with Crippen LogP contribution in [0.4, 0.5) is 0 Å². The summed E-state index contributed by atoms with van der Waals surface area (Å²) < 4.78 is 22.3. The minimum Gasteiger partial charge on any atom is -0.494 e. The lowest BCUT2D eigenvalue weighted by atomic mass is 10.0. The summed E-state index contributed by atoms with van der Waals surface area (Å²) in [5, 5.41) is 3.13. The molecule has 3 aromatic carbocycles. The Labute approximate surface area is 243 Å². The molecule has 0 spiro atoms. The largest absolute Gasteiger partial charge is 0.494 e. The molecule has 0 amide bonds. The molecular weight excluding hydrogens is 540 g/mol. The lowest BCUT2D eigenvalue weighted by Gasteiger charge is -2.07. The Bertz CT molecular complexity index is 1550. The van der Waals surface area contributed by atoms with Crippen LogP contribution in [0.1, 0.15) is 36.0 Å². The minimum atomic E-state index is -0.456. The summed E-state index contributed by atoms with van der Waals surface area (Å²) in [6.07, 6.45) is 5.00. The second kappa shape index (κ2) is 14.8. The fourth-order valence-electron chi connectivity index (χ4n) is 4.08. The van der Waals surface area contributed by atoms with E-state index < -0.39 is 11.9 Å². The summed E-state index contributed by atoms with van der Waals surface area (Å²) >= 11 is 1.70. The van der Waals surface area contributed by atoms with Crippen LogP contribution < -0.4 is 4.74 Å². The second-order valence-corrected chi connectivity index (χ2v) is 10.3. The SMILES string of the molecule is C=CC(=O)OCCCCOC(=O)c1ccc2cc(-c3cc4ccc(OCCCCOC(=O)C=C)cc4s3)ccc2c1. The topological polar surface area (TPSA) is 88.1 Å². The van der Waals surface area contributed by atoms with Crippen LogP contribution in [-0.2, 0) is 23.8 Å². The Kier molecular flexibility index (Phi) is 10.7. The Morgan fingerprint density at radius 2 is 1.27 bits per heavy atom. The van der Waals surface area contributed by atoms with Gasteiger partial charge in [-0.2, -0.15) is 0 Å². The van der Waals surface area contributed by atoms with Crippen LogP contribution in [0.25, 0.3) is 31.3 Å². The van der Waals surface area contributed by atoms with E-state index in [4.69, 9.17) is 18.9 Å². The van der Waals surface area contributed by atoms with Crippen LogP contribution in [-0.4, -0.2) is 44.3 Å². The standard InChI is InChI=1S/C33H32O7S/c1-3-31(34)38-16-6-5-15-37-28-14-13-26-21-29(41-30(26)22-28)25-11-9-24-20-27(12-10-23(24)19-25)33(36)40-18-8-7-17-39-32(35)4-2/h3-4,9-14,19-22H,1-2,5-8,15-18H2. The van der Waals surface area contributed by atoms with Crippen LogP contribution >= 0.6 is 11.3 Å². The quantitative estimate of drug-likeness (QED) is 0.0640. The third-order valence-electron chi connectivity index (χ3n) is 6.25. The van der Waals surface area contributed by atoms with Crippen molar-refractivity contribution in [3.63, 3.8) is 0 Å². The molecule has 0 radical (unpaired) electrons. The number of hydrogen-bond acceptors (Lipinski definition) is 8. The van der Waals surface area contributed by atoms with Crippen LogP contribution in [0.2, 0.25) is 0 Å². The smallest absolute Gasteiger partial charge is 0.338 e. The summed E-state index contributed by atoms with van der Waals surface area (Å²) in [5.41, 5.74) is 1.60. The van der Waals surface area contributed by atoms with E-state index in [1.54, 1.807) is 17.4 Å². The highest BCUT2D eigenvalue weighted by atomic mass is 32.1. The number of rotatable bonds is 15. The molecule has 41 heavy (non-hydrogen) atoms. The van der Waals surface area contributed by atoms with Gasteiger partial charge in [-0.3, -0.25) is 0 Å². The molecule has 4 aromatic rings. The maximum atomic E-state index is 12.5. The predicted molar refractivity (Wildman–Crippen MR) is 161 cm³/mol. The van der Waals surface area contributed by atoms with Crippen molar-refractivity contribution in [3.8, 4) is 16.2 Å². The lowest BCUT2D eigenvalue weighted by molar-refractivity contribution is -0.138. The molecule has 0 aliphatic carbocycles. The minimum absolute atomic E-state index is 0.257. The zero-order valence-electron chi connectivity index (χ0n) is 22.8. The predicted octanol–water partition coefficient (Wildman–Crippen LogP) is 7.28. The van der Waals surface area contributed by atoms with E-state index in [0.29, 0.717) is 31.6 Å². The lowest BCUT2D eigenvalue weighted by Crippen LogP contribution is -2.08. The molecule has 0 unspecified atom stereocenters. The van der Waals surface area contributed by atoms with Crippen molar-refractivity contribution in [1.29, 1.82) is 0 Å². The van der Waals surface area contributed by atoms with Gasteiger partial charge in [-0.05, 0) is 89.9 Å². The summed E-state index contributed by atoms with van der Waals surface area (Å²) in [4.78, 5) is 35.7. The fraction of sp³-hybridized carbons (Fsp3) is 0.242. The second-order valence-electron chi connectivity index (χ2n) is 9.23. The summed E-state index contributed by atoms with van der Waals surface area (Å²) in [6.45, 7) is 8.16. The van der Waals surface area contributed by atoms with Crippen LogP contribution in [0.5, 0.6) is 5.75 Å². The van der Waals surface area contributed by atoms with Crippen LogP contribution in [0, 0.1) is 0 Å².